The Bertz CT molecular complexity index is 956. The summed E-state index contributed by atoms with van der Waals surface area (Å²) < 4.78 is 49.5. The first kappa shape index (κ1) is 22.4. The first-order valence-corrected chi connectivity index (χ1v) is 10.4. The van der Waals surface area contributed by atoms with Crippen LogP contribution in [0.25, 0.3) is 0 Å². The molecule has 4 rings (SSSR count). The van der Waals surface area contributed by atoms with Gasteiger partial charge in [-0.15, -0.1) is 0 Å². The number of carbonyl (C=O) groups excluding carboxylic acids is 1. The summed E-state index contributed by atoms with van der Waals surface area (Å²) in [6, 6.07) is 12.0. The molecule has 2 heterocycles. The van der Waals surface area contributed by atoms with Crippen molar-refractivity contribution in [2.75, 3.05) is 38.2 Å². The van der Waals surface area contributed by atoms with E-state index in [1.807, 2.05) is 24.3 Å². The van der Waals surface area contributed by atoms with Crippen LogP contribution in [0.5, 0.6) is 5.75 Å². The maximum absolute atomic E-state index is 13.0. The van der Waals surface area contributed by atoms with E-state index in [2.05, 4.69) is 4.90 Å². The van der Waals surface area contributed by atoms with Crippen molar-refractivity contribution in [3.63, 3.8) is 0 Å². The molecular formula is C23H25F3N2O4. The monoisotopic (exact) mass is 450 g/mol. The second-order valence-electron chi connectivity index (χ2n) is 8.23. The average Bonchev–Trinajstić information content (AvgIpc) is 3.15. The van der Waals surface area contributed by atoms with Crippen LogP contribution in [0.3, 0.4) is 0 Å². The lowest BCUT2D eigenvalue weighted by atomic mass is 9.84. The van der Waals surface area contributed by atoms with E-state index in [4.69, 9.17) is 9.47 Å². The van der Waals surface area contributed by atoms with Crippen LogP contribution in [0.1, 0.15) is 24.0 Å². The molecule has 6 nitrogen and oxygen atoms in total. The van der Waals surface area contributed by atoms with Crippen molar-refractivity contribution in [2.45, 2.75) is 30.7 Å². The topological polar surface area (TPSA) is 62.2 Å². The van der Waals surface area contributed by atoms with E-state index in [0.29, 0.717) is 32.5 Å². The first-order chi connectivity index (χ1) is 15.2. The van der Waals surface area contributed by atoms with Crippen LogP contribution in [0.15, 0.2) is 48.5 Å². The van der Waals surface area contributed by atoms with E-state index < -0.39 is 29.5 Å². The molecule has 0 spiro atoms. The predicted molar refractivity (Wildman–Crippen MR) is 112 cm³/mol. The maximum atomic E-state index is 13.0. The molecule has 172 valence electrons. The standard InChI is InChI=1S/C23H25F3N2O4/c1-31-19-7-5-16(6-8-19)22(30)9-11-27(12-10-22)14-20-15-28(21(29)32-20)18-4-2-3-17(13-18)23(24,25)26/h2-8,13,20,30H,9-12,14-15H2,1H3. The number of rotatable bonds is 5. The van der Waals surface area contributed by atoms with Crippen LogP contribution in [0.2, 0.25) is 0 Å². The van der Waals surface area contributed by atoms with Gasteiger partial charge in [0.15, 0.2) is 0 Å². The third-order valence-electron chi connectivity index (χ3n) is 6.13. The fraction of sp³-hybridized carbons (Fsp3) is 0.435. The van der Waals surface area contributed by atoms with Gasteiger partial charge in [-0.05, 0) is 48.7 Å². The molecule has 0 aliphatic carbocycles. The van der Waals surface area contributed by atoms with Crippen LogP contribution < -0.4 is 9.64 Å². The van der Waals surface area contributed by atoms with E-state index in [-0.39, 0.29) is 12.2 Å². The molecule has 2 aliphatic rings. The third kappa shape index (κ3) is 4.68. The highest BCUT2D eigenvalue weighted by Gasteiger charge is 2.38. The van der Waals surface area contributed by atoms with Crippen LogP contribution in [-0.2, 0) is 16.5 Å². The van der Waals surface area contributed by atoms with Crippen molar-refractivity contribution < 1.29 is 32.5 Å². The van der Waals surface area contributed by atoms with Gasteiger partial charge in [0, 0.05) is 25.3 Å². The van der Waals surface area contributed by atoms with Gasteiger partial charge in [-0.1, -0.05) is 18.2 Å². The number of likely N-dealkylation sites (tertiary alicyclic amines) is 1. The Hall–Kier alpha value is -2.78. The lowest BCUT2D eigenvalue weighted by Gasteiger charge is -2.39. The molecule has 9 heteroatoms. The molecule has 0 saturated carbocycles. The highest BCUT2D eigenvalue weighted by molar-refractivity contribution is 5.89. The largest absolute Gasteiger partial charge is 0.497 e. The fourth-order valence-corrected chi connectivity index (χ4v) is 4.26. The summed E-state index contributed by atoms with van der Waals surface area (Å²) in [5, 5.41) is 11.1. The molecule has 1 amide bonds. The quantitative estimate of drug-likeness (QED) is 0.746. The van der Waals surface area contributed by atoms with Crippen molar-refractivity contribution in [3.05, 3.63) is 59.7 Å². The zero-order chi connectivity index (χ0) is 22.9. The molecular weight excluding hydrogens is 425 g/mol. The molecule has 0 radical (unpaired) electrons. The second-order valence-corrected chi connectivity index (χ2v) is 8.23. The number of nitrogens with zero attached hydrogens (tertiary/aromatic N) is 2. The Balaban J connectivity index is 1.35. The van der Waals surface area contributed by atoms with Gasteiger partial charge < -0.3 is 14.6 Å². The molecule has 2 saturated heterocycles. The Morgan fingerprint density at radius 1 is 1.16 bits per heavy atom. The van der Waals surface area contributed by atoms with Crippen molar-refractivity contribution >= 4 is 11.8 Å². The molecule has 0 aromatic heterocycles. The van der Waals surface area contributed by atoms with Gasteiger partial charge in [-0.25, -0.2) is 4.79 Å². The number of carbonyl (C=O) groups is 1. The number of anilines is 1. The summed E-state index contributed by atoms with van der Waals surface area (Å²) in [5.74, 6) is 0.725. The van der Waals surface area contributed by atoms with E-state index in [0.717, 1.165) is 23.4 Å². The van der Waals surface area contributed by atoms with Crippen LogP contribution in [-0.4, -0.2) is 55.5 Å². The summed E-state index contributed by atoms with van der Waals surface area (Å²) >= 11 is 0. The minimum absolute atomic E-state index is 0.167. The zero-order valence-electron chi connectivity index (χ0n) is 17.6. The summed E-state index contributed by atoms with van der Waals surface area (Å²) in [5.41, 5.74) is -0.736. The van der Waals surface area contributed by atoms with Gasteiger partial charge in [0.1, 0.15) is 11.9 Å². The number of methoxy groups -OCH3 is 1. The van der Waals surface area contributed by atoms with E-state index in [1.165, 1.54) is 17.0 Å². The van der Waals surface area contributed by atoms with Crippen molar-refractivity contribution in [3.8, 4) is 5.75 Å². The highest BCUT2D eigenvalue weighted by atomic mass is 19.4. The summed E-state index contributed by atoms with van der Waals surface area (Å²) in [4.78, 5) is 15.6. The Morgan fingerprint density at radius 3 is 2.47 bits per heavy atom. The number of hydrogen-bond donors (Lipinski definition) is 1. The zero-order valence-corrected chi connectivity index (χ0v) is 17.6. The van der Waals surface area contributed by atoms with Gasteiger partial charge >= 0.3 is 12.3 Å². The van der Waals surface area contributed by atoms with Crippen molar-refractivity contribution in [2.24, 2.45) is 0 Å². The molecule has 1 atom stereocenters. The summed E-state index contributed by atoms with van der Waals surface area (Å²) in [7, 11) is 1.59. The molecule has 2 aromatic carbocycles. The number of amides is 1. The van der Waals surface area contributed by atoms with Gasteiger partial charge in [0.2, 0.25) is 0 Å². The van der Waals surface area contributed by atoms with E-state index >= 15 is 0 Å². The van der Waals surface area contributed by atoms with Crippen molar-refractivity contribution in [1.82, 2.24) is 4.90 Å². The molecule has 2 fully saturated rings. The Kier molecular flexibility index (Phi) is 6.05. The predicted octanol–water partition coefficient (Wildman–Crippen LogP) is 4.02. The minimum atomic E-state index is -4.48. The van der Waals surface area contributed by atoms with Crippen molar-refractivity contribution in [1.29, 1.82) is 0 Å². The van der Waals surface area contributed by atoms with E-state index in [9.17, 15) is 23.1 Å². The van der Waals surface area contributed by atoms with Crippen LogP contribution >= 0.6 is 0 Å². The second kappa shape index (κ2) is 8.63. The SMILES string of the molecule is COc1ccc(C2(O)CCN(CC3CN(c4cccc(C(F)(F)F)c4)C(=O)O3)CC2)cc1. The number of piperidine rings is 1. The lowest BCUT2D eigenvalue weighted by molar-refractivity contribution is -0.137. The highest BCUT2D eigenvalue weighted by Crippen LogP contribution is 2.35. The summed E-state index contributed by atoms with van der Waals surface area (Å²) in [6.45, 7) is 1.86. The van der Waals surface area contributed by atoms with E-state index in [1.54, 1.807) is 7.11 Å². The van der Waals surface area contributed by atoms with Gasteiger partial charge in [-0.3, -0.25) is 9.80 Å². The van der Waals surface area contributed by atoms with Gasteiger partial charge in [0.05, 0.1) is 24.8 Å². The van der Waals surface area contributed by atoms with Crippen LogP contribution in [0, 0.1) is 0 Å². The average molecular weight is 450 g/mol. The number of ether oxygens (including phenoxy) is 2. The normalized spacial score (nSPS) is 21.5. The maximum Gasteiger partial charge on any atom is 0.416 e. The first-order valence-electron chi connectivity index (χ1n) is 10.4. The number of alkyl halides is 3. The molecule has 1 unspecified atom stereocenters. The summed E-state index contributed by atoms with van der Waals surface area (Å²) in [6.07, 6.45) is -4.53. The van der Waals surface area contributed by atoms with Gasteiger partial charge in [-0.2, -0.15) is 13.2 Å². The lowest BCUT2D eigenvalue weighted by Crippen LogP contribution is -2.45. The fourth-order valence-electron chi connectivity index (χ4n) is 4.26. The Morgan fingerprint density at radius 2 is 1.84 bits per heavy atom. The molecule has 0 bridgehead atoms. The smallest absolute Gasteiger partial charge is 0.416 e. The molecule has 2 aromatic rings. The number of halogens is 3. The number of aliphatic hydroxyl groups is 1. The molecule has 1 N–H and O–H groups in total. The Labute approximate surface area is 184 Å². The molecule has 32 heavy (non-hydrogen) atoms. The molecule has 2 aliphatic heterocycles. The van der Waals surface area contributed by atoms with Crippen LogP contribution in [0.4, 0.5) is 23.7 Å². The number of cyclic esters (lactones) is 1. The number of hydrogen-bond acceptors (Lipinski definition) is 5. The third-order valence-corrected chi connectivity index (χ3v) is 6.13. The van der Waals surface area contributed by atoms with Gasteiger partial charge in [0.25, 0.3) is 0 Å². The minimum Gasteiger partial charge on any atom is -0.497 e. The number of benzene rings is 2.